The number of para-hydroxylation sites is 1. The molecule has 0 radical (unpaired) electrons. The summed E-state index contributed by atoms with van der Waals surface area (Å²) in [6, 6.07) is 7.84. The number of anilines is 1. The van der Waals surface area contributed by atoms with Gasteiger partial charge in [0.2, 0.25) is 5.91 Å². The van der Waals surface area contributed by atoms with Crippen molar-refractivity contribution in [1.82, 2.24) is 5.32 Å². The zero-order valence-corrected chi connectivity index (χ0v) is 13.3. The molecule has 2 N–H and O–H groups in total. The van der Waals surface area contributed by atoms with Crippen LogP contribution < -0.4 is 10.6 Å². The summed E-state index contributed by atoms with van der Waals surface area (Å²) in [6.45, 7) is 5.45. The molecule has 1 saturated heterocycles. The second-order valence-electron chi connectivity index (χ2n) is 5.50. The summed E-state index contributed by atoms with van der Waals surface area (Å²) in [5.41, 5.74) is 2.01. The lowest BCUT2D eigenvalue weighted by Gasteiger charge is -2.27. The monoisotopic (exact) mass is 306 g/mol. The van der Waals surface area contributed by atoms with Crippen molar-refractivity contribution in [1.29, 1.82) is 0 Å². The Morgan fingerprint density at radius 1 is 1.33 bits per heavy atom. The van der Waals surface area contributed by atoms with E-state index in [2.05, 4.69) is 10.6 Å². The number of rotatable bonds is 3. The summed E-state index contributed by atoms with van der Waals surface area (Å²) in [7, 11) is 0. The van der Waals surface area contributed by atoms with Crippen molar-refractivity contribution in [2.24, 2.45) is 11.8 Å². The third kappa shape index (κ3) is 4.51. The summed E-state index contributed by atoms with van der Waals surface area (Å²) in [4.78, 5) is 12.2. The molecule has 2 rings (SSSR count). The third-order valence-corrected chi connectivity index (χ3v) is 4.22. The lowest BCUT2D eigenvalue weighted by Crippen LogP contribution is -2.40. The number of hydrogen-bond donors (Lipinski definition) is 2. The van der Waals surface area contributed by atoms with Crippen molar-refractivity contribution < 1.29 is 9.53 Å². The minimum atomic E-state index is -0.0504. The van der Waals surface area contributed by atoms with Gasteiger partial charge in [-0.1, -0.05) is 25.1 Å². The number of carbonyl (C=O) groups is 1. The molecule has 1 aromatic carbocycles. The van der Waals surface area contributed by atoms with Crippen LogP contribution in [-0.4, -0.2) is 24.2 Å². The summed E-state index contributed by atoms with van der Waals surface area (Å²) in [5.74, 6) is 0.304. The minimum absolute atomic E-state index is 0.0204. The van der Waals surface area contributed by atoms with Gasteiger partial charge in [0, 0.05) is 24.8 Å². The number of hydrogen-bond acceptors (Lipinski definition) is 3. The fraction of sp³-hybridized carbons (Fsp3) is 0.500. The summed E-state index contributed by atoms with van der Waals surface area (Å²) < 4.78 is 5.33. The van der Waals surface area contributed by atoms with E-state index in [1.54, 1.807) is 0 Å². The van der Waals surface area contributed by atoms with E-state index in [4.69, 9.17) is 17.0 Å². The van der Waals surface area contributed by atoms with E-state index in [1.165, 1.54) is 0 Å². The Morgan fingerprint density at radius 2 is 2.00 bits per heavy atom. The van der Waals surface area contributed by atoms with Crippen LogP contribution >= 0.6 is 12.2 Å². The third-order valence-electron chi connectivity index (χ3n) is 4.02. The average Bonchev–Trinajstić information content (AvgIpc) is 2.49. The molecule has 1 unspecified atom stereocenters. The molecular weight excluding hydrogens is 284 g/mol. The van der Waals surface area contributed by atoms with E-state index in [9.17, 15) is 4.79 Å². The fourth-order valence-electron chi connectivity index (χ4n) is 2.52. The summed E-state index contributed by atoms with van der Waals surface area (Å²) in [5, 5.41) is 6.22. The molecule has 21 heavy (non-hydrogen) atoms. The van der Waals surface area contributed by atoms with Gasteiger partial charge in [-0.15, -0.1) is 0 Å². The predicted molar refractivity (Wildman–Crippen MR) is 88.2 cm³/mol. The molecule has 1 amide bonds. The van der Waals surface area contributed by atoms with Gasteiger partial charge in [-0.3, -0.25) is 4.79 Å². The summed E-state index contributed by atoms with van der Waals surface area (Å²) in [6.07, 6.45) is 1.87. The van der Waals surface area contributed by atoms with Gasteiger partial charge in [0.05, 0.1) is 0 Å². The smallest absolute Gasteiger partial charge is 0.229 e. The molecule has 5 heteroatoms. The first kappa shape index (κ1) is 15.9. The molecule has 0 spiro atoms. The van der Waals surface area contributed by atoms with Crippen LogP contribution in [-0.2, 0) is 9.53 Å². The highest BCUT2D eigenvalue weighted by atomic mass is 32.1. The van der Waals surface area contributed by atoms with Crippen molar-refractivity contribution in [3.63, 3.8) is 0 Å². The van der Waals surface area contributed by atoms with E-state index < -0.39 is 0 Å². The van der Waals surface area contributed by atoms with Crippen LogP contribution in [0.15, 0.2) is 24.3 Å². The van der Waals surface area contributed by atoms with Gasteiger partial charge in [0.15, 0.2) is 5.11 Å². The Kier molecular flexibility index (Phi) is 5.70. The first-order valence-electron chi connectivity index (χ1n) is 7.33. The average molecular weight is 306 g/mol. The Hall–Kier alpha value is -1.46. The maximum absolute atomic E-state index is 12.2. The van der Waals surface area contributed by atoms with E-state index >= 15 is 0 Å². The number of ether oxygens (including phenoxy) is 1. The van der Waals surface area contributed by atoms with Gasteiger partial charge in [-0.05, 0) is 49.5 Å². The van der Waals surface area contributed by atoms with Crippen LogP contribution in [0.5, 0.6) is 0 Å². The van der Waals surface area contributed by atoms with Crippen LogP contribution in [0.2, 0.25) is 0 Å². The molecule has 0 aliphatic carbocycles. The Bertz CT molecular complexity index is 513. The number of thiocarbonyl (C=S) groups is 1. The maximum atomic E-state index is 12.2. The lowest BCUT2D eigenvalue weighted by molar-refractivity contribution is -0.125. The van der Waals surface area contributed by atoms with Gasteiger partial charge in [0.25, 0.3) is 0 Å². The van der Waals surface area contributed by atoms with Gasteiger partial charge in [0.1, 0.15) is 0 Å². The van der Waals surface area contributed by atoms with Crippen LogP contribution in [0.25, 0.3) is 0 Å². The molecule has 114 valence electrons. The largest absolute Gasteiger partial charge is 0.381 e. The van der Waals surface area contributed by atoms with Crippen LogP contribution in [0.4, 0.5) is 5.69 Å². The Morgan fingerprint density at radius 3 is 2.67 bits per heavy atom. The second kappa shape index (κ2) is 7.52. The molecule has 4 nitrogen and oxygen atoms in total. The van der Waals surface area contributed by atoms with Gasteiger partial charge >= 0.3 is 0 Å². The molecule has 1 aromatic rings. The van der Waals surface area contributed by atoms with E-state index in [0.717, 1.165) is 37.3 Å². The van der Waals surface area contributed by atoms with Gasteiger partial charge < -0.3 is 15.4 Å². The van der Waals surface area contributed by atoms with Crippen LogP contribution in [0, 0.1) is 18.8 Å². The van der Waals surface area contributed by atoms with Crippen molar-refractivity contribution in [3.05, 3.63) is 29.8 Å². The van der Waals surface area contributed by atoms with E-state index in [-0.39, 0.29) is 11.8 Å². The first-order valence-corrected chi connectivity index (χ1v) is 7.74. The molecule has 1 aliphatic rings. The minimum Gasteiger partial charge on any atom is -0.381 e. The SMILES string of the molecule is Cc1ccccc1NC(=S)NC(=O)C(C)C1CCOCC1. The zero-order valence-electron chi connectivity index (χ0n) is 12.5. The molecule has 1 fully saturated rings. The fourth-order valence-corrected chi connectivity index (χ4v) is 2.73. The molecule has 0 bridgehead atoms. The maximum Gasteiger partial charge on any atom is 0.229 e. The van der Waals surface area contributed by atoms with Crippen molar-refractivity contribution in [3.8, 4) is 0 Å². The van der Waals surface area contributed by atoms with Crippen molar-refractivity contribution >= 4 is 28.9 Å². The van der Waals surface area contributed by atoms with E-state index in [1.807, 2.05) is 38.1 Å². The Labute approximate surface area is 131 Å². The normalized spacial score (nSPS) is 17.0. The number of aryl methyl sites for hydroxylation is 1. The van der Waals surface area contributed by atoms with Gasteiger partial charge in [-0.2, -0.15) is 0 Å². The quantitative estimate of drug-likeness (QED) is 0.843. The standard InChI is InChI=1S/C16H22N2O2S/c1-11-5-3-4-6-14(11)17-16(21)18-15(19)12(2)13-7-9-20-10-8-13/h3-6,12-13H,7-10H2,1-2H3,(H2,17,18,19,21). The zero-order chi connectivity index (χ0) is 15.2. The Balaban J connectivity index is 1.87. The molecule has 1 heterocycles. The van der Waals surface area contributed by atoms with Crippen molar-refractivity contribution in [2.45, 2.75) is 26.7 Å². The molecule has 1 atom stereocenters. The molecule has 0 saturated carbocycles. The van der Waals surface area contributed by atoms with E-state index in [0.29, 0.717) is 11.0 Å². The van der Waals surface area contributed by atoms with Crippen molar-refractivity contribution in [2.75, 3.05) is 18.5 Å². The summed E-state index contributed by atoms with van der Waals surface area (Å²) >= 11 is 5.22. The molecule has 0 aromatic heterocycles. The van der Waals surface area contributed by atoms with Crippen LogP contribution in [0.1, 0.15) is 25.3 Å². The second-order valence-corrected chi connectivity index (χ2v) is 5.91. The topological polar surface area (TPSA) is 50.4 Å². The molecule has 1 aliphatic heterocycles. The lowest BCUT2D eigenvalue weighted by atomic mass is 9.87. The molecular formula is C16H22N2O2S. The highest BCUT2D eigenvalue weighted by molar-refractivity contribution is 7.80. The highest BCUT2D eigenvalue weighted by Gasteiger charge is 2.26. The van der Waals surface area contributed by atoms with Crippen LogP contribution in [0.3, 0.4) is 0 Å². The number of nitrogens with one attached hydrogen (secondary N) is 2. The van der Waals surface area contributed by atoms with Gasteiger partial charge in [-0.25, -0.2) is 0 Å². The predicted octanol–water partition coefficient (Wildman–Crippen LogP) is 2.87. The number of carbonyl (C=O) groups excluding carboxylic acids is 1. The number of amides is 1. The first-order chi connectivity index (χ1) is 10.1. The number of benzene rings is 1. The highest BCUT2D eigenvalue weighted by Crippen LogP contribution is 2.23.